The molecule has 0 amide bonds. The SMILES string of the molecule is COCC1(C)CCN(c2cccc(-c3cnc4[nH]cc(CC(C)(C)C=O)c4n3)c2)C1. The second-order valence-electron chi connectivity index (χ2n) is 9.52. The summed E-state index contributed by atoms with van der Waals surface area (Å²) >= 11 is 0. The van der Waals surface area contributed by atoms with E-state index in [4.69, 9.17) is 9.72 Å². The van der Waals surface area contributed by atoms with Crippen LogP contribution in [0.25, 0.3) is 22.4 Å². The van der Waals surface area contributed by atoms with Gasteiger partial charge in [0.05, 0.1) is 18.5 Å². The van der Waals surface area contributed by atoms with Crippen LogP contribution >= 0.6 is 0 Å². The Balaban J connectivity index is 1.63. The first-order valence-electron chi connectivity index (χ1n) is 10.5. The number of benzene rings is 1. The molecule has 1 atom stereocenters. The standard InChI is InChI=1S/C24H30N4O2/c1-23(2,15-29)11-18-12-25-22-21(18)27-20(13-26-22)17-6-5-7-19(10-17)28-9-8-24(3,14-28)16-30-4/h5-7,10,12-13,15H,8-9,11,14,16H2,1-4H3,(H,25,26). The molecule has 0 spiro atoms. The lowest BCUT2D eigenvalue weighted by molar-refractivity contribution is -0.114. The first kappa shape index (κ1) is 20.5. The molecule has 0 radical (unpaired) electrons. The molecule has 1 N–H and O–H groups in total. The number of ether oxygens (including phenoxy) is 1. The second-order valence-corrected chi connectivity index (χ2v) is 9.52. The maximum atomic E-state index is 11.4. The minimum Gasteiger partial charge on any atom is -0.384 e. The van der Waals surface area contributed by atoms with Crippen LogP contribution in [0.4, 0.5) is 5.69 Å². The fourth-order valence-electron chi connectivity index (χ4n) is 4.32. The first-order chi connectivity index (χ1) is 14.3. The maximum Gasteiger partial charge on any atom is 0.156 e. The van der Waals surface area contributed by atoms with Crippen molar-refractivity contribution in [3.63, 3.8) is 0 Å². The molecular formula is C24H30N4O2. The van der Waals surface area contributed by atoms with Crippen molar-refractivity contribution in [3.05, 3.63) is 42.2 Å². The minimum atomic E-state index is -0.433. The molecule has 1 unspecified atom stereocenters. The molecule has 0 bridgehead atoms. The van der Waals surface area contributed by atoms with E-state index in [2.05, 4.69) is 46.1 Å². The zero-order valence-corrected chi connectivity index (χ0v) is 18.2. The molecule has 0 aliphatic carbocycles. The molecule has 3 heterocycles. The molecule has 1 aromatic carbocycles. The Labute approximate surface area is 177 Å². The third-order valence-electron chi connectivity index (χ3n) is 5.98. The molecule has 6 heteroatoms. The number of H-pyrrole nitrogens is 1. The molecule has 1 saturated heterocycles. The minimum absolute atomic E-state index is 0.189. The zero-order chi connectivity index (χ0) is 21.4. The zero-order valence-electron chi connectivity index (χ0n) is 18.2. The third-order valence-corrected chi connectivity index (χ3v) is 5.98. The van der Waals surface area contributed by atoms with Gasteiger partial charge in [0, 0.05) is 48.5 Å². The van der Waals surface area contributed by atoms with Gasteiger partial charge in [-0.1, -0.05) is 32.9 Å². The van der Waals surface area contributed by atoms with Gasteiger partial charge < -0.3 is 19.4 Å². The van der Waals surface area contributed by atoms with E-state index in [-0.39, 0.29) is 5.41 Å². The molecule has 1 aliphatic heterocycles. The Bertz CT molecular complexity index is 1060. The molecule has 0 saturated carbocycles. The van der Waals surface area contributed by atoms with E-state index in [9.17, 15) is 4.79 Å². The summed E-state index contributed by atoms with van der Waals surface area (Å²) < 4.78 is 5.42. The normalized spacial score (nSPS) is 19.5. The van der Waals surface area contributed by atoms with E-state index in [1.165, 1.54) is 5.69 Å². The molecule has 3 aromatic rings. The molecule has 1 fully saturated rings. The summed E-state index contributed by atoms with van der Waals surface area (Å²) in [6.07, 6.45) is 6.47. The van der Waals surface area contributed by atoms with Crippen LogP contribution < -0.4 is 4.90 Å². The molecule has 6 nitrogen and oxygen atoms in total. The average molecular weight is 407 g/mol. The highest BCUT2D eigenvalue weighted by Gasteiger charge is 2.34. The number of aromatic nitrogens is 3. The van der Waals surface area contributed by atoms with Crippen LogP contribution in [-0.2, 0) is 16.0 Å². The van der Waals surface area contributed by atoms with Crippen LogP contribution in [0.2, 0.25) is 0 Å². The Kier molecular flexibility index (Phi) is 5.36. The van der Waals surface area contributed by atoms with Gasteiger partial charge in [0.15, 0.2) is 5.65 Å². The van der Waals surface area contributed by atoms with Crippen LogP contribution in [0.1, 0.15) is 32.8 Å². The summed E-state index contributed by atoms with van der Waals surface area (Å²) in [6, 6.07) is 8.50. The van der Waals surface area contributed by atoms with E-state index >= 15 is 0 Å². The van der Waals surface area contributed by atoms with Crippen LogP contribution in [0.15, 0.2) is 36.7 Å². The van der Waals surface area contributed by atoms with Crippen molar-refractivity contribution in [3.8, 4) is 11.3 Å². The Hall–Kier alpha value is -2.73. The molecule has 158 valence electrons. The van der Waals surface area contributed by atoms with Crippen molar-refractivity contribution in [1.82, 2.24) is 15.0 Å². The predicted molar refractivity (Wildman–Crippen MR) is 120 cm³/mol. The number of nitrogens with one attached hydrogen (secondary N) is 1. The number of hydrogen-bond acceptors (Lipinski definition) is 5. The molecule has 30 heavy (non-hydrogen) atoms. The second kappa shape index (κ2) is 7.84. The molecule has 4 rings (SSSR count). The number of carbonyl (C=O) groups excluding carboxylic acids is 1. The van der Waals surface area contributed by atoms with Gasteiger partial charge >= 0.3 is 0 Å². The Morgan fingerprint density at radius 3 is 2.97 bits per heavy atom. The largest absolute Gasteiger partial charge is 0.384 e. The lowest BCUT2D eigenvalue weighted by atomic mass is 9.88. The van der Waals surface area contributed by atoms with Crippen molar-refractivity contribution in [1.29, 1.82) is 0 Å². The number of anilines is 1. The van der Waals surface area contributed by atoms with E-state index in [0.717, 1.165) is 60.4 Å². The summed E-state index contributed by atoms with van der Waals surface area (Å²) in [7, 11) is 1.77. The molecule has 1 aliphatic rings. The number of fused-ring (bicyclic) bond motifs is 1. The van der Waals surface area contributed by atoms with Crippen molar-refractivity contribution in [2.45, 2.75) is 33.6 Å². The van der Waals surface area contributed by atoms with Crippen LogP contribution in [0.5, 0.6) is 0 Å². The smallest absolute Gasteiger partial charge is 0.156 e. The first-order valence-corrected chi connectivity index (χ1v) is 10.5. The van der Waals surface area contributed by atoms with Gasteiger partial charge in [0.2, 0.25) is 0 Å². The van der Waals surface area contributed by atoms with Gasteiger partial charge in [-0.05, 0) is 30.5 Å². The van der Waals surface area contributed by atoms with E-state index < -0.39 is 5.41 Å². The predicted octanol–water partition coefficient (Wildman–Crippen LogP) is 4.26. The van der Waals surface area contributed by atoms with E-state index in [1.54, 1.807) is 7.11 Å². The lowest BCUT2D eigenvalue weighted by Gasteiger charge is -2.25. The van der Waals surface area contributed by atoms with Gasteiger partial charge in [0.1, 0.15) is 11.8 Å². The number of rotatable bonds is 7. The van der Waals surface area contributed by atoms with Gasteiger partial charge in [-0.3, -0.25) is 0 Å². The number of aromatic amines is 1. The Morgan fingerprint density at radius 1 is 1.37 bits per heavy atom. The molecule has 2 aromatic heterocycles. The lowest BCUT2D eigenvalue weighted by Crippen LogP contribution is -2.28. The van der Waals surface area contributed by atoms with E-state index in [1.807, 2.05) is 26.2 Å². The van der Waals surface area contributed by atoms with Crippen LogP contribution in [0, 0.1) is 10.8 Å². The fourth-order valence-corrected chi connectivity index (χ4v) is 4.32. The number of hydrogen-bond donors (Lipinski definition) is 1. The number of carbonyl (C=O) groups is 1. The highest BCUT2D eigenvalue weighted by molar-refractivity contribution is 5.79. The van der Waals surface area contributed by atoms with Crippen molar-refractivity contribution in [2.75, 3.05) is 31.7 Å². The van der Waals surface area contributed by atoms with Gasteiger partial charge in [-0.15, -0.1) is 0 Å². The summed E-state index contributed by atoms with van der Waals surface area (Å²) in [6.45, 7) is 8.95. The monoisotopic (exact) mass is 406 g/mol. The van der Waals surface area contributed by atoms with Crippen molar-refractivity contribution < 1.29 is 9.53 Å². The van der Waals surface area contributed by atoms with Crippen molar-refractivity contribution >= 4 is 23.1 Å². The summed E-state index contributed by atoms with van der Waals surface area (Å²) in [5.74, 6) is 0. The number of aldehydes is 1. The quantitative estimate of drug-likeness (QED) is 0.594. The fraction of sp³-hybridized carbons (Fsp3) is 0.458. The highest BCUT2D eigenvalue weighted by atomic mass is 16.5. The van der Waals surface area contributed by atoms with E-state index in [0.29, 0.717) is 6.42 Å². The Morgan fingerprint density at radius 2 is 2.20 bits per heavy atom. The summed E-state index contributed by atoms with van der Waals surface area (Å²) in [5, 5.41) is 0. The summed E-state index contributed by atoms with van der Waals surface area (Å²) in [4.78, 5) is 26.4. The maximum absolute atomic E-state index is 11.4. The van der Waals surface area contributed by atoms with Crippen molar-refractivity contribution in [2.24, 2.45) is 10.8 Å². The topological polar surface area (TPSA) is 71.1 Å². The van der Waals surface area contributed by atoms with Gasteiger partial charge in [-0.25, -0.2) is 9.97 Å². The number of methoxy groups -OCH3 is 1. The highest BCUT2D eigenvalue weighted by Crippen LogP contribution is 2.35. The number of nitrogens with zero attached hydrogens (tertiary/aromatic N) is 3. The average Bonchev–Trinajstić information content (AvgIpc) is 3.31. The van der Waals surface area contributed by atoms with Crippen LogP contribution in [0.3, 0.4) is 0 Å². The van der Waals surface area contributed by atoms with Crippen LogP contribution in [-0.4, -0.2) is 48.0 Å². The third kappa shape index (κ3) is 4.10. The molecular weight excluding hydrogens is 376 g/mol. The van der Waals surface area contributed by atoms with Gasteiger partial charge in [0.25, 0.3) is 0 Å². The van der Waals surface area contributed by atoms with Gasteiger partial charge in [-0.2, -0.15) is 0 Å². The summed E-state index contributed by atoms with van der Waals surface area (Å²) in [5.41, 5.74) is 5.44.